The smallest absolute Gasteiger partial charge is 0.233 e. The molecule has 1 amide bonds. The largest absolute Gasteiger partial charge is 0.309 e. The number of aromatic nitrogens is 1. The Hall–Kier alpha value is -1.21. The number of thiazole rings is 1. The number of amides is 1. The molecule has 1 aromatic rings. The molecule has 0 fully saturated rings. The number of anilines is 1. The van der Waals surface area contributed by atoms with Crippen LogP contribution in [-0.4, -0.2) is 28.7 Å². The zero-order valence-electron chi connectivity index (χ0n) is 10.4. The summed E-state index contributed by atoms with van der Waals surface area (Å²) in [5, 5.41) is 2.52. The molecule has 0 unspecified atom stereocenters. The second kappa shape index (κ2) is 6.65. The highest BCUT2D eigenvalue weighted by atomic mass is 32.2. The summed E-state index contributed by atoms with van der Waals surface area (Å²) in [6, 6.07) is 0. The van der Waals surface area contributed by atoms with E-state index in [9.17, 15) is 14.4 Å². The molecule has 98 valence electrons. The number of nitrogens with zero attached hydrogens (tertiary/aromatic N) is 1. The van der Waals surface area contributed by atoms with Crippen molar-refractivity contribution in [3.63, 3.8) is 0 Å². The third kappa shape index (κ3) is 3.92. The Morgan fingerprint density at radius 2 is 2.06 bits per heavy atom. The molecule has 7 heteroatoms. The summed E-state index contributed by atoms with van der Waals surface area (Å²) in [7, 11) is 0. The van der Waals surface area contributed by atoms with E-state index in [-0.39, 0.29) is 23.8 Å². The van der Waals surface area contributed by atoms with Crippen LogP contribution in [0.5, 0.6) is 0 Å². The van der Waals surface area contributed by atoms with Crippen LogP contribution in [0, 0.1) is 0 Å². The first-order valence-corrected chi connectivity index (χ1v) is 7.39. The highest BCUT2D eigenvalue weighted by Crippen LogP contribution is 2.29. The molecule has 0 saturated carbocycles. The number of nitrogens with one attached hydrogen (secondary N) is 1. The summed E-state index contributed by atoms with van der Waals surface area (Å²) >= 11 is 2.64. The predicted octanol–water partition coefficient (Wildman–Crippen LogP) is 2.38. The Kier molecular flexibility index (Phi) is 5.49. The predicted molar refractivity (Wildman–Crippen MR) is 72.4 cm³/mol. The third-order valence-electron chi connectivity index (χ3n) is 2.11. The van der Waals surface area contributed by atoms with Crippen LogP contribution in [0.15, 0.2) is 4.34 Å². The molecule has 0 atom stereocenters. The minimum atomic E-state index is -0.428. The molecule has 5 nitrogen and oxygen atoms in total. The van der Waals surface area contributed by atoms with Gasteiger partial charge in [-0.2, -0.15) is 0 Å². The van der Waals surface area contributed by atoms with Crippen molar-refractivity contribution in [1.29, 1.82) is 0 Å². The van der Waals surface area contributed by atoms with Gasteiger partial charge in [-0.25, -0.2) is 4.98 Å². The number of rotatable bonds is 6. The maximum Gasteiger partial charge on any atom is 0.233 e. The number of hydrogen-bond donors (Lipinski definition) is 1. The lowest BCUT2D eigenvalue weighted by molar-refractivity contribution is -0.125. The highest BCUT2D eigenvalue weighted by Gasteiger charge is 2.17. The van der Waals surface area contributed by atoms with Crippen LogP contribution in [0.3, 0.4) is 0 Å². The lowest BCUT2D eigenvalue weighted by atomic mass is 10.2. The molecule has 0 aliphatic heterocycles. The van der Waals surface area contributed by atoms with E-state index in [0.29, 0.717) is 15.6 Å². The van der Waals surface area contributed by atoms with Crippen LogP contribution in [0.4, 0.5) is 5.82 Å². The molecular formula is C11H14N2O3S2. The maximum atomic E-state index is 11.6. The second-order valence-corrected chi connectivity index (χ2v) is 5.59. The lowest BCUT2D eigenvalue weighted by Gasteiger charge is -2.02. The Labute approximate surface area is 113 Å². The fraction of sp³-hybridized carbons (Fsp3) is 0.455. The van der Waals surface area contributed by atoms with Gasteiger partial charge in [0.15, 0.2) is 15.9 Å². The number of Topliss-reactive ketones (excluding diaryl/α,β-unsaturated/α-hetero) is 2. The molecular weight excluding hydrogens is 272 g/mol. The van der Waals surface area contributed by atoms with Crippen molar-refractivity contribution >= 4 is 46.4 Å². The molecule has 1 N–H and O–H groups in total. The van der Waals surface area contributed by atoms with Crippen molar-refractivity contribution < 1.29 is 14.4 Å². The van der Waals surface area contributed by atoms with E-state index in [2.05, 4.69) is 10.3 Å². The van der Waals surface area contributed by atoms with Crippen molar-refractivity contribution in [1.82, 2.24) is 4.98 Å². The summed E-state index contributed by atoms with van der Waals surface area (Å²) < 4.78 is 0.706. The zero-order chi connectivity index (χ0) is 13.7. The van der Waals surface area contributed by atoms with Crippen molar-refractivity contribution in [2.45, 2.75) is 31.0 Å². The fourth-order valence-corrected chi connectivity index (χ4v) is 2.61. The van der Waals surface area contributed by atoms with Gasteiger partial charge in [-0.3, -0.25) is 14.4 Å². The lowest BCUT2D eigenvalue weighted by Crippen LogP contribution is -2.17. The van der Waals surface area contributed by atoms with Gasteiger partial charge >= 0.3 is 0 Å². The van der Waals surface area contributed by atoms with Crippen molar-refractivity contribution in [2.24, 2.45) is 0 Å². The fourth-order valence-electron chi connectivity index (χ4n) is 1.19. The van der Waals surface area contributed by atoms with Gasteiger partial charge in [-0.05, 0) is 6.26 Å². The summed E-state index contributed by atoms with van der Waals surface area (Å²) in [5.41, 5.74) is 0. The molecule has 0 aromatic carbocycles. The third-order valence-corrected chi connectivity index (χ3v) is 4.25. The quantitative estimate of drug-likeness (QED) is 0.493. The van der Waals surface area contributed by atoms with Crippen LogP contribution in [-0.2, 0) is 9.59 Å². The van der Waals surface area contributed by atoms with Crippen LogP contribution < -0.4 is 5.32 Å². The monoisotopic (exact) mass is 286 g/mol. The zero-order valence-corrected chi connectivity index (χ0v) is 12.0. The van der Waals surface area contributed by atoms with E-state index < -0.39 is 5.91 Å². The highest BCUT2D eigenvalue weighted by molar-refractivity contribution is 8.00. The van der Waals surface area contributed by atoms with Gasteiger partial charge in [-0.1, -0.05) is 18.7 Å². The van der Waals surface area contributed by atoms with Crippen molar-refractivity contribution in [3.05, 3.63) is 4.88 Å². The minimum Gasteiger partial charge on any atom is -0.309 e. The van der Waals surface area contributed by atoms with Gasteiger partial charge in [0, 0.05) is 13.3 Å². The van der Waals surface area contributed by atoms with Gasteiger partial charge in [0.1, 0.15) is 10.7 Å². The normalized spacial score (nSPS) is 10.2. The van der Waals surface area contributed by atoms with Gasteiger partial charge in [-0.15, -0.1) is 11.3 Å². The number of hydrogen-bond acceptors (Lipinski definition) is 6. The SMILES string of the molecule is CCC(=O)CC(=O)Nc1nc(SC)sc1C(C)=O. The van der Waals surface area contributed by atoms with Crippen LogP contribution in [0.1, 0.15) is 36.4 Å². The Bertz CT molecular complexity index is 483. The molecule has 0 spiro atoms. The maximum absolute atomic E-state index is 11.6. The van der Waals surface area contributed by atoms with E-state index in [0.717, 1.165) is 0 Å². The molecule has 0 aliphatic rings. The molecule has 18 heavy (non-hydrogen) atoms. The Morgan fingerprint density at radius 3 is 2.56 bits per heavy atom. The van der Waals surface area contributed by atoms with E-state index in [1.54, 1.807) is 6.92 Å². The molecule has 0 aliphatic carbocycles. The number of carbonyl (C=O) groups excluding carboxylic acids is 3. The Balaban J connectivity index is 2.83. The molecule has 1 aromatic heterocycles. The first-order valence-electron chi connectivity index (χ1n) is 5.35. The van der Waals surface area contributed by atoms with Crippen LogP contribution in [0.25, 0.3) is 0 Å². The summed E-state index contributed by atoms with van der Waals surface area (Å²) in [5.74, 6) is -0.463. The van der Waals surface area contributed by atoms with Gasteiger partial charge < -0.3 is 5.32 Å². The minimum absolute atomic E-state index is 0.141. The Morgan fingerprint density at radius 1 is 1.39 bits per heavy atom. The summed E-state index contributed by atoms with van der Waals surface area (Å²) in [6.07, 6.45) is 1.98. The van der Waals surface area contributed by atoms with Crippen LogP contribution in [0.2, 0.25) is 0 Å². The number of carbonyl (C=O) groups is 3. The number of ketones is 2. The summed E-state index contributed by atoms with van der Waals surface area (Å²) in [6.45, 7) is 3.12. The molecule has 0 radical (unpaired) electrons. The standard InChI is InChI=1S/C11H14N2O3S2/c1-4-7(15)5-8(16)12-10-9(6(2)14)18-11(13-10)17-3/h4-5H2,1-3H3,(H,12,16). The van der Waals surface area contributed by atoms with E-state index in [1.807, 2.05) is 6.26 Å². The second-order valence-electron chi connectivity index (χ2n) is 3.53. The first kappa shape index (κ1) is 14.8. The van der Waals surface area contributed by atoms with Crippen molar-refractivity contribution in [3.8, 4) is 0 Å². The average Bonchev–Trinajstić information content (AvgIpc) is 2.71. The molecule has 0 bridgehead atoms. The van der Waals surface area contributed by atoms with E-state index >= 15 is 0 Å². The van der Waals surface area contributed by atoms with E-state index in [1.165, 1.54) is 30.0 Å². The average molecular weight is 286 g/mol. The molecule has 0 saturated heterocycles. The van der Waals surface area contributed by atoms with Gasteiger partial charge in [0.05, 0.1) is 6.42 Å². The van der Waals surface area contributed by atoms with Crippen molar-refractivity contribution in [2.75, 3.05) is 11.6 Å². The number of thioether (sulfide) groups is 1. The topological polar surface area (TPSA) is 76.1 Å². The first-order chi connectivity index (χ1) is 8.47. The van der Waals surface area contributed by atoms with Gasteiger partial charge in [0.2, 0.25) is 5.91 Å². The molecule has 1 heterocycles. The summed E-state index contributed by atoms with van der Waals surface area (Å²) in [4.78, 5) is 38.7. The van der Waals surface area contributed by atoms with Gasteiger partial charge in [0.25, 0.3) is 0 Å². The van der Waals surface area contributed by atoms with E-state index in [4.69, 9.17) is 0 Å². The molecule has 1 rings (SSSR count). The van der Waals surface area contributed by atoms with Crippen LogP contribution >= 0.6 is 23.1 Å².